The van der Waals surface area contributed by atoms with Crippen molar-refractivity contribution in [2.24, 2.45) is 16.5 Å². The van der Waals surface area contributed by atoms with Crippen LogP contribution >= 0.6 is 11.6 Å². The van der Waals surface area contributed by atoms with Crippen LogP contribution in [-0.2, 0) is 0 Å². The van der Waals surface area contributed by atoms with Gasteiger partial charge >= 0.3 is 6.03 Å². The molecule has 0 atom stereocenters. The molecule has 0 bridgehead atoms. The van der Waals surface area contributed by atoms with Crippen LogP contribution in [0.4, 0.5) is 10.5 Å². The molecule has 5 N–H and O–H groups in total. The summed E-state index contributed by atoms with van der Waals surface area (Å²) in [6.07, 6.45) is 0. The van der Waals surface area contributed by atoms with Gasteiger partial charge in [-0.05, 0) is 18.2 Å². The quantitative estimate of drug-likeness (QED) is 0.499. The van der Waals surface area contributed by atoms with Crippen molar-refractivity contribution in [3.63, 3.8) is 0 Å². The van der Waals surface area contributed by atoms with Crippen LogP contribution in [0.1, 0.15) is 5.56 Å². The van der Waals surface area contributed by atoms with E-state index in [9.17, 15) is 4.79 Å². The average Bonchev–Trinajstić information content (AvgIpc) is 2.16. The van der Waals surface area contributed by atoms with Gasteiger partial charge in [0.05, 0.1) is 10.6 Å². The van der Waals surface area contributed by atoms with Crippen LogP contribution in [0.3, 0.4) is 0 Å². The molecule has 0 aliphatic rings. The second kappa shape index (κ2) is 5.00. The largest absolute Gasteiger partial charge is 0.370 e. The lowest BCUT2D eigenvalue weighted by molar-refractivity contribution is 0.259. The van der Waals surface area contributed by atoms with Crippen molar-refractivity contribution in [1.29, 1.82) is 5.26 Å². The molecule has 0 spiro atoms. The number of nitriles is 1. The molecule has 0 fully saturated rings. The molecule has 0 aromatic heterocycles. The fraction of sp³-hybridized carbons (Fsp3) is 0. The molecule has 82 valence electrons. The summed E-state index contributed by atoms with van der Waals surface area (Å²) < 4.78 is 0. The Morgan fingerprint density at radius 1 is 1.50 bits per heavy atom. The van der Waals surface area contributed by atoms with Gasteiger partial charge in [0, 0.05) is 5.69 Å². The fourth-order valence-corrected chi connectivity index (χ4v) is 1.18. The maximum absolute atomic E-state index is 11.1. The number of rotatable bonds is 1. The monoisotopic (exact) mass is 237 g/mol. The SMILES string of the molecule is N#Cc1ccc(NC(=O)N=C(N)N)cc1Cl. The highest BCUT2D eigenvalue weighted by Crippen LogP contribution is 2.20. The summed E-state index contributed by atoms with van der Waals surface area (Å²) in [4.78, 5) is 14.4. The summed E-state index contributed by atoms with van der Waals surface area (Å²) in [7, 11) is 0. The predicted molar refractivity (Wildman–Crippen MR) is 61.0 cm³/mol. The molecule has 0 aliphatic heterocycles. The Labute approximate surface area is 96.5 Å². The first kappa shape index (κ1) is 11.8. The predicted octanol–water partition coefficient (Wildman–Crippen LogP) is 1.02. The molecule has 0 saturated carbocycles. The molecule has 0 radical (unpaired) electrons. The standard InChI is InChI=1S/C9H8ClN5O/c10-7-3-6(2-1-5(7)4-11)14-9(16)15-8(12)13/h1-3H,(H5,12,13,14,15,16). The van der Waals surface area contributed by atoms with E-state index in [4.69, 9.17) is 28.3 Å². The molecule has 1 rings (SSSR count). The third kappa shape index (κ3) is 3.15. The van der Waals surface area contributed by atoms with Crippen LogP contribution in [0.25, 0.3) is 0 Å². The highest BCUT2D eigenvalue weighted by Gasteiger charge is 2.04. The van der Waals surface area contributed by atoms with Crippen molar-refractivity contribution in [3.8, 4) is 6.07 Å². The number of benzene rings is 1. The van der Waals surface area contributed by atoms with Crippen LogP contribution < -0.4 is 16.8 Å². The molecule has 0 unspecified atom stereocenters. The number of carbonyl (C=O) groups excluding carboxylic acids is 1. The summed E-state index contributed by atoms with van der Waals surface area (Å²) in [5.74, 6) is -0.336. The van der Waals surface area contributed by atoms with Crippen LogP contribution in [-0.4, -0.2) is 12.0 Å². The Kier molecular flexibility index (Phi) is 3.69. The molecule has 1 aromatic rings. The van der Waals surface area contributed by atoms with Crippen LogP contribution in [0.15, 0.2) is 23.2 Å². The number of nitrogens with two attached hydrogens (primary N) is 2. The lowest BCUT2D eigenvalue weighted by atomic mass is 10.2. The molecular formula is C9H8ClN5O. The van der Waals surface area contributed by atoms with Crippen molar-refractivity contribution >= 4 is 29.3 Å². The Morgan fingerprint density at radius 2 is 2.19 bits per heavy atom. The fourth-order valence-electron chi connectivity index (χ4n) is 0.952. The number of anilines is 1. The first-order chi connectivity index (χ1) is 7.52. The van der Waals surface area contributed by atoms with Gasteiger partial charge in [-0.2, -0.15) is 10.3 Å². The van der Waals surface area contributed by atoms with Crippen LogP contribution in [0.2, 0.25) is 5.02 Å². The van der Waals surface area contributed by atoms with Gasteiger partial charge in [0.15, 0.2) is 5.96 Å². The number of hydrogen-bond donors (Lipinski definition) is 3. The Bertz CT molecular complexity index is 487. The van der Waals surface area contributed by atoms with E-state index in [0.717, 1.165) is 0 Å². The van der Waals surface area contributed by atoms with Gasteiger partial charge in [0.1, 0.15) is 6.07 Å². The lowest BCUT2D eigenvalue weighted by Gasteiger charge is -2.02. The third-order valence-corrected chi connectivity index (χ3v) is 1.88. The molecule has 0 heterocycles. The van der Waals surface area contributed by atoms with E-state index in [2.05, 4.69) is 10.3 Å². The minimum absolute atomic E-state index is 0.241. The Hall–Kier alpha value is -2.26. The van der Waals surface area contributed by atoms with E-state index < -0.39 is 6.03 Å². The number of urea groups is 1. The second-order valence-corrected chi connectivity index (χ2v) is 3.18. The second-order valence-electron chi connectivity index (χ2n) is 2.77. The zero-order chi connectivity index (χ0) is 12.1. The minimum atomic E-state index is -0.708. The van der Waals surface area contributed by atoms with E-state index >= 15 is 0 Å². The zero-order valence-electron chi connectivity index (χ0n) is 8.07. The van der Waals surface area contributed by atoms with E-state index in [1.54, 1.807) is 0 Å². The molecule has 2 amide bonds. The van der Waals surface area contributed by atoms with E-state index in [1.807, 2.05) is 6.07 Å². The van der Waals surface area contributed by atoms with Crippen molar-refractivity contribution in [2.75, 3.05) is 5.32 Å². The highest BCUT2D eigenvalue weighted by molar-refractivity contribution is 6.32. The van der Waals surface area contributed by atoms with Gasteiger partial charge in [-0.15, -0.1) is 0 Å². The molecule has 0 aliphatic carbocycles. The van der Waals surface area contributed by atoms with Gasteiger partial charge < -0.3 is 16.8 Å². The van der Waals surface area contributed by atoms with Gasteiger partial charge in [0.2, 0.25) is 0 Å². The molecule has 0 saturated heterocycles. The zero-order valence-corrected chi connectivity index (χ0v) is 8.82. The smallest absolute Gasteiger partial charge is 0.348 e. The maximum atomic E-state index is 11.1. The van der Waals surface area contributed by atoms with Crippen molar-refractivity contribution in [1.82, 2.24) is 0 Å². The average molecular weight is 238 g/mol. The minimum Gasteiger partial charge on any atom is -0.370 e. The number of hydrogen-bond acceptors (Lipinski definition) is 2. The van der Waals surface area contributed by atoms with Gasteiger partial charge in [0.25, 0.3) is 0 Å². The summed E-state index contributed by atoms with van der Waals surface area (Å²) in [6.45, 7) is 0. The van der Waals surface area contributed by atoms with Crippen LogP contribution in [0.5, 0.6) is 0 Å². The van der Waals surface area contributed by atoms with E-state index in [1.165, 1.54) is 18.2 Å². The summed E-state index contributed by atoms with van der Waals surface area (Å²) in [5, 5.41) is 11.3. The lowest BCUT2D eigenvalue weighted by Crippen LogP contribution is -2.25. The number of halogens is 1. The Balaban J connectivity index is 2.85. The Morgan fingerprint density at radius 3 is 2.69 bits per heavy atom. The van der Waals surface area contributed by atoms with Gasteiger partial charge in [-0.3, -0.25) is 0 Å². The number of aliphatic imine (C=N–C) groups is 1. The highest BCUT2D eigenvalue weighted by atomic mass is 35.5. The number of guanidine groups is 1. The summed E-state index contributed by atoms with van der Waals surface area (Å²) in [5.41, 5.74) is 10.8. The normalized spacial score (nSPS) is 9.00. The number of carbonyl (C=O) groups is 1. The molecule has 7 heteroatoms. The third-order valence-electron chi connectivity index (χ3n) is 1.57. The molecular weight excluding hydrogens is 230 g/mol. The van der Waals surface area contributed by atoms with Gasteiger partial charge in [-0.1, -0.05) is 11.6 Å². The molecule has 16 heavy (non-hydrogen) atoms. The maximum Gasteiger partial charge on any atom is 0.348 e. The van der Waals surface area contributed by atoms with Crippen LogP contribution in [0, 0.1) is 11.3 Å². The van der Waals surface area contributed by atoms with E-state index in [0.29, 0.717) is 11.3 Å². The first-order valence-electron chi connectivity index (χ1n) is 4.13. The molecule has 1 aromatic carbocycles. The number of nitrogens with zero attached hydrogens (tertiary/aromatic N) is 2. The first-order valence-corrected chi connectivity index (χ1v) is 4.51. The van der Waals surface area contributed by atoms with Gasteiger partial charge in [-0.25, -0.2) is 4.79 Å². The molecule has 6 nitrogen and oxygen atoms in total. The summed E-state index contributed by atoms with van der Waals surface area (Å²) in [6, 6.07) is 5.62. The topological polar surface area (TPSA) is 117 Å². The van der Waals surface area contributed by atoms with Crippen molar-refractivity contribution in [2.45, 2.75) is 0 Å². The van der Waals surface area contributed by atoms with Crippen molar-refractivity contribution in [3.05, 3.63) is 28.8 Å². The van der Waals surface area contributed by atoms with E-state index in [-0.39, 0.29) is 11.0 Å². The number of nitrogens with one attached hydrogen (secondary N) is 1. The summed E-state index contributed by atoms with van der Waals surface area (Å²) >= 11 is 5.76. The number of amides is 2. The van der Waals surface area contributed by atoms with Crippen molar-refractivity contribution < 1.29 is 4.79 Å².